The molecule has 0 spiro atoms. The largest absolute Gasteiger partial charge is 0.481 e. The first-order valence-corrected chi connectivity index (χ1v) is 6.57. The Morgan fingerprint density at radius 1 is 1.47 bits per heavy atom. The van der Waals surface area contributed by atoms with E-state index in [2.05, 4.69) is 10.4 Å². The summed E-state index contributed by atoms with van der Waals surface area (Å²) in [6, 6.07) is 1.90. The van der Waals surface area contributed by atoms with Gasteiger partial charge in [0.1, 0.15) is 0 Å². The minimum absolute atomic E-state index is 0.138. The Morgan fingerprint density at radius 3 is 2.84 bits per heavy atom. The third-order valence-electron chi connectivity index (χ3n) is 3.62. The Bertz CT molecular complexity index is 469. The zero-order valence-corrected chi connectivity index (χ0v) is 11.0. The lowest BCUT2D eigenvalue weighted by molar-refractivity contribution is -0.146. The average Bonchev–Trinajstić information content (AvgIpc) is 2.97. The van der Waals surface area contributed by atoms with E-state index in [0.717, 1.165) is 12.1 Å². The molecule has 0 saturated heterocycles. The van der Waals surface area contributed by atoms with Crippen molar-refractivity contribution < 1.29 is 14.7 Å². The highest BCUT2D eigenvalue weighted by Crippen LogP contribution is 2.31. The zero-order valence-electron chi connectivity index (χ0n) is 11.0. The molecule has 1 aliphatic rings. The monoisotopic (exact) mass is 265 g/mol. The summed E-state index contributed by atoms with van der Waals surface area (Å²) in [7, 11) is 1.85. The van der Waals surface area contributed by atoms with Gasteiger partial charge in [-0.25, -0.2) is 0 Å². The summed E-state index contributed by atoms with van der Waals surface area (Å²) >= 11 is 0. The van der Waals surface area contributed by atoms with Gasteiger partial charge < -0.3 is 10.4 Å². The minimum atomic E-state index is -0.859. The first-order chi connectivity index (χ1) is 9.08. The molecule has 1 heterocycles. The van der Waals surface area contributed by atoms with Crippen LogP contribution in [0.2, 0.25) is 0 Å². The van der Waals surface area contributed by atoms with Gasteiger partial charge in [-0.1, -0.05) is 6.42 Å². The van der Waals surface area contributed by atoms with E-state index in [4.69, 9.17) is 5.11 Å². The molecular weight excluding hydrogens is 246 g/mol. The van der Waals surface area contributed by atoms with E-state index in [0.29, 0.717) is 25.8 Å². The van der Waals surface area contributed by atoms with Crippen LogP contribution in [0.3, 0.4) is 0 Å². The number of aliphatic carboxylic acids is 1. The van der Waals surface area contributed by atoms with Crippen molar-refractivity contribution >= 4 is 11.9 Å². The van der Waals surface area contributed by atoms with E-state index < -0.39 is 11.9 Å². The second-order valence-electron chi connectivity index (χ2n) is 5.00. The van der Waals surface area contributed by atoms with Crippen LogP contribution in [-0.4, -0.2) is 33.3 Å². The van der Waals surface area contributed by atoms with Crippen LogP contribution in [0.15, 0.2) is 12.3 Å². The molecule has 2 rings (SSSR count). The molecular formula is C13H19N3O3. The number of carboxylic acid groups (broad SMARTS) is 1. The summed E-state index contributed by atoms with van der Waals surface area (Å²) in [5.41, 5.74) is 0.920. The molecule has 1 aromatic rings. The molecule has 1 amide bonds. The van der Waals surface area contributed by atoms with Crippen molar-refractivity contribution in [1.82, 2.24) is 15.1 Å². The smallest absolute Gasteiger partial charge is 0.307 e. The van der Waals surface area contributed by atoms with Crippen molar-refractivity contribution in [2.45, 2.75) is 25.7 Å². The van der Waals surface area contributed by atoms with Gasteiger partial charge in [-0.15, -0.1) is 0 Å². The van der Waals surface area contributed by atoms with Gasteiger partial charge in [0.25, 0.3) is 0 Å². The molecule has 1 aromatic heterocycles. The Labute approximate surface area is 111 Å². The fourth-order valence-corrected chi connectivity index (χ4v) is 2.61. The first kappa shape index (κ1) is 13.6. The molecule has 2 atom stereocenters. The summed E-state index contributed by atoms with van der Waals surface area (Å²) < 4.78 is 1.72. The molecule has 0 unspecified atom stereocenters. The van der Waals surface area contributed by atoms with Crippen LogP contribution in [0.4, 0.5) is 0 Å². The number of carboxylic acids is 1. The second kappa shape index (κ2) is 5.86. The molecule has 6 heteroatoms. The maximum Gasteiger partial charge on any atom is 0.307 e. The van der Waals surface area contributed by atoms with E-state index in [1.54, 1.807) is 4.68 Å². The first-order valence-electron chi connectivity index (χ1n) is 6.57. The fraction of sp³-hybridized carbons (Fsp3) is 0.615. The van der Waals surface area contributed by atoms with Crippen LogP contribution in [-0.2, 0) is 23.1 Å². The number of hydrogen-bond donors (Lipinski definition) is 2. The van der Waals surface area contributed by atoms with E-state index in [1.165, 1.54) is 0 Å². The predicted octanol–water partition coefficient (Wildman–Crippen LogP) is 0.580. The second-order valence-corrected chi connectivity index (χ2v) is 5.00. The Kier molecular flexibility index (Phi) is 4.19. The normalized spacial score (nSPS) is 22.4. The van der Waals surface area contributed by atoms with Crippen molar-refractivity contribution in [1.29, 1.82) is 0 Å². The van der Waals surface area contributed by atoms with Gasteiger partial charge in [0.15, 0.2) is 0 Å². The highest BCUT2D eigenvalue weighted by Gasteiger charge is 2.37. The number of aromatic nitrogens is 2. The number of aryl methyl sites for hydroxylation is 1. The van der Waals surface area contributed by atoms with Gasteiger partial charge in [0.05, 0.1) is 17.5 Å². The van der Waals surface area contributed by atoms with E-state index >= 15 is 0 Å². The minimum Gasteiger partial charge on any atom is -0.481 e. The molecule has 0 aromatic carbocycles. The standard InChI is InChI=1S/C13H19N3O3/c1-16-8-6-9(15-16)5-7-14-12(17)10-3-2-4-11(10)13(18)19/h6,8,10-11H,2-5,7H2,1H3,(H,14,17)(H,18,19)/t10-,11+/m1/s1. The number of nitrogens with one attached hydrogen (secondary N) is 1. The van der Waals surface area contributed by atoms with Gasteiger partial charge in [0, 0.05) is 26.2 Å². The predicted molar refractivity (Wildman–Crippen MR) is 68.4 cm³/mol. The Hall–Kier alpha value is -1.85. The van der Waals surface area contributed by atoms with E-state index in [1.807, 2.05) is 19.3 Å². The van der Waals surface area contributed by atoms with Gasteiger partial charge >= 0.3 is 5.97 Å². The maximum atomic E-state index is 12.0. The summed E-state index contributed by atoms with van der Waals surface area (Å²) in [6.07, 6.45) is 4.61. The summed E-state index contributed by atoms with van der Waals surface area (Å²) in [6.45, 7) is 0.499. The molecule has 0 aliphatic heterocycles. The lowest BCUT2D eigenvalue weighted by Crippen LogP contribution is -2.36. The van der Waals surface area contributed by atoms with Crippen LogP contribution < -0.4 is 5.32 Å². The Morgan fingerprint density at radius 2 is 2.21 bits per heavy atom. The molecule has 19 heavy (non-hydrogen) atoms. The molecule has 2 N–H and O–H groups in total. The number of amides is 1. The molecule has 1 fully saturated rings. The number of carbonyl (C=O) groups is 2. The number of rotatable bonds is 5. The third-order valence-corrected chi connectivity index (χ3v) is 3.62. The number of carbonyl (C=O) groups excluding carboxylic acids is 1. The van der Waals surface area contributed by atoms with E-state index in [9.17, 15) is 9.59 Å². The van der Waals surface area contributed by atoms with Crippen LogP contribution in [0.5, 0.6) is 0 Å². The van der Waals surface area contributed by atoms with Crippen LogP contribution in [0, 0.1) is 11.8 Å². The molecule has 0 bridgehead atoms. The third kappa shape index (κ3) is 3.33. The van der Waals surface area contributed by atoms with Gasteiger partial charge in [-0.05, 0) is 18.9 Å². The number of hydrogen-bond acceptors (Lipinski definition) is 3. The molecule has 104 valence electrons. The van der Waals surface area contributed by atoms with Gasteiger partial charge in [-0.3, -0.25) is 14.3 Å². The van der Waals surface area contributed by atoms with Crippen LogP contribution in [0.25, 0.3) is 0 Å². The zero-order chi connectivity index (χ0) is 13.8. The van der Waals surface area contributed by atoms with Crippen molar-refractivity contribution in [3.8, 4) is 0 Å². The SMILES string of the molecule is Cn1ccc(CCNC(=O)[C@@H]2CCC[C@@H]2C(=O)O)n1. The fourth-order valence-electron chi connectivity index (χ4n) is 2.61. The van der Waals surface area contributed by atoms with Crippen LogP contribution >= 0.6 is 0 Å². The van der Waals surface area contributed by atoms with Crippen LogP contribution in [0.1, 0.15) is 25.0 Å². The molecule has 1 saturated carbocycles. The number of nitrogens with zero attached hydrogens (tertiary/aromatic N) is 2. The van der Waals surface area contributed by atoms with E-state index in [-0.39, 0.29) is 11.8 Å². The van der Waals surface area contributed by atoms with Crippen molar-refractivity contribution in [2.75, 3.05) is 6.54 Å². The lowest BCUT2D eigenvalue weighted by Gasteiger charge is -2.15. The van der Waals surface area contributed by atoms with Gasteiger partial charge in [0.2, 0.25) is 5.91 Å². The quantitative estimate of drug-likeness (QED) is 0.815. The molecule has 6 nitrogen and oxygen atoms in total. The summed E-state index contributed by atoms with van der Waals surface area (Å²) in [5.74, 6) is -1.89. The summed E-state index contributed by atoms with van der Waals surface area (Å²) in [4.78, 5) is 23.0. The van der Waals surface area contributed by atoms with Crippen molar-refractivity contribution in [3.05, 3.63) is 18.0 Å². The maximum absolute atomic E-state index is 12.0. The van der Waals surface area contributed by atoms with Gasteiger partial charge in [-0.2, -0.15) is 5.10 Å². The highest BCUT2D eigenvalue weighted by molar-refractivity contribution is 5.85. The molecule has 0 radical (unpaired) electrons. The topological polar surface area (TPSA) is 84.2 Å². The molecule has 1 aliphatic carbocycles. The van der Waals surface area contributed by atoms with Crippen molar-refractivity contribution in [3.63, 3.8) is 0 Å². The Balaban J connectivity index is 1.79. The highest BCUT2D eigenvalue weighted by atomic mass is 16.4. The lowest BCUT2D eigenvalue weighted by atomic mass is 9.95. The summed E-state index contributed by atoms with van der Waals surface area (Å²) in [5, 5.41) is 16.1. The van der Waals surface area contributed by atoms with Crippen molar-refractivity contribution in [2.24, 2.45) is 18.9 Å². The average molecular weight is 265 g/mol.